The molecule has 0 unspecified atom stereocenters. The van der Waals surface area contributed by atoms with Crippen molar-refractivity contribution in [3.05, 3.63) is 54.6 Å². The Kier molecular flexibility index (Phi) is 4.23. The van der Waals surface area contributed by atoms with Gasteiger partial charge in [0.2, 0.25) is 0 Å². The van der Waals surface area contributed by atoms with E-state index in [9.17, 15) is 0 Å². The molecule has 3 aromatic heterocycles. The van der Waals surface area contributed by atoms with Crippen molar-refractivity contribution in [2.24, 2.45) is 5.92 Å². The monoisotopic (exact) mass is 293 g/mol. The highest BCUT2D eigenvalue weighted by atomic mass is 15.2. The quantitative estimate of drug-likeness (QED) is 0.723. The first-order valence-electron chi connectivity index (χ1n) is 7.45. The van der Waals surface area contributed by atoms with Crippen molar-refractivity contribution in [2.45, 2.75) is 20.4 Å². The lowest BCUT2D eigenvalue weighted by molar-refractivity contribution is 0.601. The van der Waals surface area contributed by atoms with Gasteiger partial charge in [-0.05, 0) is 30.2 Å². The molecule has 0 radical (unpaired) electrons. The van der Waals surface area contributed by atoms with Crippen molar-refractivity contribution in [1.29, 1.82) is 0 Å². The lowest BCUT2D eigenvalue weighted by Gasteiger charge is -2.25. The zero-order chi connectivity index (χ0) is 15.4. The average Bonchev–Trinajstić information content (AvgIpc) is 2.54. The largest absolute Gasteiger partial charge is 0.350 e. The Morgan fingerprint density at radius 2 is 1.82 bits per heavy atom. The summed E-state index contributed by atoms with van der Waals surface area (Å²) in [5.41, 5.74) is 2.52. The average molecular weight is 293 g/mol. The Labute approximate surface area is 130 Å². The van der Waals surface area contributed by atoms with E-state index < -0.39 is 0 Å². The topological polar surface area (TPSA) is 54.8 Å². The molecule has 0 amide bonds. The summed E-state index contributed by atoms with van der Waals surface area (Å²) in [6.45, 7) is 6.05. The molecular weight excluding hydrogens is 274 g/mol. The van der Waals surface area contributed by atoms with E-state index >= 15 is 0 Å². The number of anilines is 1. The molecular formula is C17H19N5. The van der Waals surface area contributed by atoms with Crippen LogP contribution in [0.15, 0.2) is 48.9 Å². The number of aromatic nitrogens is 4. The van der Waals surface area contributed by atoms with Crippen LogP contribution < -0.4 is 4.90 Å². The van der Waals surface area contributed by atoms with Crippen LogP contribution in [-0.4, -0.2) is 26.5 Å². The molecule has 0 fully saturated rings. The van der Waals surface area contributed by atoms with Crippen LogP contribution in [0.25, 0.3) is 11.2 Å². The van der Waals surface area contributed by atoms with E-state index in [1.165, 1.54) is 0 Å². The summed E-state index contributed by atoms with van der Waals surface area (Å²) in [6, 6.07) is 9.95. The van der Waals surface area contributed by atoms with Crippen LogP contribution in [0.3, 0.4) is 0 Å². The smallest absolute Gasteiger partial charge is 0.180 e. The molecule has 22 heavy (non-hydrogen) atoms. The van der Waals surface area contributed by atoms with E-state index in [1.807, 2.05) is 36.5 Å². The molecule has 112 valence electrons. The molecule has 3 rings (SSSR count). The van der Waals surface area contributed by atoms with Gasteiger partial charge in [0.25, 0.3) is 0 Å². The van der Waals surface area contributed by atoms with E-state index in [0.717, 1.165) is 30.1 Å². The Balaban J connectivity index is 1.92. The number of rotatable bonds is 5. The third-order valence-corrected chi connectivity index (χ3v) is 3.31. The minimum atomic E-state index is 0.531. The van der Waals surface area contributed by atoms with Gasteiger partial charge < -0.3 is 4.90 Å². The normalized spacial score (nSPS) is 11.0. The molecule has 5 heteroatoms. The summed E-state index contributed by atoms with van der Waals surface area (Å²) >= 11 is 0. The minimum Gasteiger partial charge on any atom is -0.350 e. The fraction of sp³-hybridized carbons (Fsp3) is 0.294. The molecule has 0 spiro atoms. The fourth-order valence-electron chi connectivity index (χ4n) is 2.39. The number of nitrogens with zero attached hydrogens (tertiary/aromatic N) is 5. The highest BCUT2D eigenvalue weighted by Crippen LogP contribution is 2.18. The molecule has 0 N–H and O–H groups in total. The predicted octanol–water partition coefficient (Wildman–Crippen LogP) is 3.08. The summed E-state index contributed by atoms with van der Waals surface area (Å²) in [6.07, 6.45) is 5.18. The van der Waals surface area contributed by atoms with Gasteiger partial charge in [-0.1, -0.05) is 19.9 Å². The van der Waals surface area contributed by atoms with Gasteiger partial charge in [0.15, 0.2) is 5.65 Å². The van der Waals surface area contributed by atoms with Crippen LogP contribution in [0, 0.1) is 5.92 Å². The first-order chi connectivity index (χ1) is 10.7. The van der Waals surface area contributed by atoms with Gasteiger partial charge in [-0.25, -0.2) is 9.97 Å². The highest BCUT2D eigenvalue weighted by molar-refractivity contribution is 5.71. The number of fused-ring (bicyclic) bond motifs is 1. The van der Waals surface area contributed by atoms with Crippen LogP contribution in [-0.2, 0) is 6.54 Å². The Hall–Kier alpha value is -2.56. The summed E-state index contributed by atoms with van der Waals surface area (Å²) in [5, 5.41) is 0. The molecule has 3 heterocycles. The first kappa shape index (κ1) is 14.4. The second kappa shape index (κ2) is 6.47. The number of hydrogen-bond acceptors (Lipinski definition) is 5. The molecule has 0 saturated carbocycles. The molecule has 0 aliphatic carbocycles. The molecule has 3 aromatic rings. The van der Waals surface area contributed by atoms with Gasteiger partial charge in [0, 0.05) is 25.1 Å². The Morgan fingerprint density at radius 3 is 2.59 bits per heavy atom. The van der Waals surface area contributed by atoms with E-state index in [1.54, 1.807) is 12.4 Å². The Bertz CT molecular complexity index is 742. The second-order valence-electron chi connectivity index (χ2n) is 5.66. The number of pyridine rings is 2. The van der Waals surface area contributed by atoms with Crippen LogP contribution in [0.2, 0.25) is 0 Å². The van der Waals surface area contributed by atoms with Crippen LogP contribution >= 0.6 is 0 Å². The maximum absolute atomic E-state index is 4.65. The maximum Gasteiger partial charge on any atom is 0.180 e. The van der Waals surface area contributed by atoms with Crippen molar-refractivity contribution in [1.82, 2.24) is 19.9 Å². The van der Waals surface area contributed by atoms with Crippen LogP contribution in [0.1, 0.15) is 19.5 Å². The van der Waals surface area contributed by atoms with Crippen molar-refractivity contribution < 1.29 is 0 Å². The summed E-state index contributed by atoms with van der Waals surface area (Å²) < 4.78 is 0. The lowest BCUT2D eigenvalue weighted by Crippen LogP contribution is -2.28. The number of hydrogen-bond donors (Lipinski definition) is 0. The molecule has 0 bridgehead atoms. The van der Waals surface area contributed by atoms with E-state index in [-0.39, 0.29) is 0 Å². The van der Waals surface area contributed by atoms with Crippen molar-refractivity contribution in [3.63, 3.8) is 0 Å². The van der Waals surface area contributed by atoms with Gasteiger partial charge in [-0.15, -0.1) is 0 Å². The zero-order valence-electron chi connectivity index (χ0n) is 12.8. The molecule has 0 aliphatic heterocycles. The van der Waals surface area contributed by atoms with Crippen molar-refractivity contribution >= 4 is 17.0 Å². The van der Waals surface area contributed by atoms with E-state index in [0.29, 0.717) is 11.6 Å². The van der Waals surface area contributed by atoms with Crippen LogP contribution in [0.5, 0.6) is 0 Å². The predicted molar refractivity (Wildman–Crippen MR) is 87.5 cm³/mol. The van der Waals surface area contributed by atoms with Gasteiger partial charge in [0.1, 0.15) is 11.3 Å². The zero-order valence-corrected chi connectivity index (χ0v) is 12.8. The third-order valence-electron chi connectivity index (χ3n) is 3.31. The standard InChI is InChI=1S/C17H19N5/c1-13(2)11-22(12-14-5-3-4-8-18-14)16-7-6-15-17(21-16)20-10-9-19-15/h3-10,13H,11-12H2,1-2H3. The lowest BCUT2D eigenvalue weighted by atomic mass is 10.2. The molecule has 0 atom stereocenters. The van der Waals surface area contributed by atoms with E-state index in [4.69, 9.17) is 0 Å². The summed E-state index contributed by atoms with van der Waals surface area (Å²) in [7, 11) is 0. The third kappa shape index (κ3) is 3.36. The second-order valence-corrected chi connectivity index (χ2v) is 5.66. The molecule has 0 aliphatic rings. The van der Waals surface area contributed by atoms with Gasteiger partial charge in [0.05, 0.1) is 12.2 Å². The van der Waals surface area contributed by atoms with E-state index in [2.05, 4.69) is 38.7 Å². The summed E-state index contributed by atoms with van der Waals surface area (Å²) in [4.78, 5) is 19.9. The molecule has 0 saturated heterocycles. The SMILES string of the molecule is CC(C)CN(Cc1ccccn1)c1ccc2nccnc2n1. The van der Waals surface area contributed by atoms with Crippen LogP contribution in [0.4, 0.5) is 5.82 Å². The highest BCUT2D eigenvalue weighted by Gasteiger charge is 2.12. The van der Waals surface area contributed by atoms with Gasteiger partial charge in [-0.3, -0.25) is 9.97 Å². The molecule has 0 aromatic carbocycles. The first-order valence-corrected chi connectivity index (χ1v) is 7.45. The van der Waals surface area contributed by atoms with Crippen molar-refractivity contribution in [3.8, 4) is 0 Å². The van der Waals surface area contributed by atoms with Crippen molar-refractivity contribution in [2.75, 3.05) is 11.4 Å². The molecule has 5 nitrogen and oxygen atoms in total. The minimum absolute atomic E-state index is 0.531. The fourth-order valence-corrected chi connectivity index (χ4v) is 2.39. The van der Waals surface area contributed by atoms with Gasteiger partial charge >= 0.3 is 0 Å². The van der Waals surface area contributed by atoms with Gasteiger partial charge in [-0.2, -0.15) is 0 Å². The Morgan fingerprint density at radius 1 is 0.955 bits per heavy atom. The maximum atomic E-state index is 4.65. The summed E-state index contributed by atoms with van der Waals surface area (Å²) in [5.74, 6) is 1.44.